The highest BCUT2D eigenvalue weighted by Gasteiger charge is 2.05. The van der Waals surface area contributed by atoms with E-state index in [9.17, 15) is 4.39 Å². The summed E-state index contributed by atoms with van der Waals surface area (Å²) < 4.78 is 14.0. The van der Waals surface area contributed by atoms with Crippen LogP contribution in [0.2, 0.25) is 5.02 Å². The molecule has 0 saturated carbocycles. The number of hydrogen-bond donors (Lipinski definition) is 1. The zero-order valence-corrected chi connectivity index (χ0v) is 11.4. The van der Waals surface area contributed by atoms with E-state index in [-0.39, 0.29) is 0 Å². The summed E-state index contributed by atoms with van der Waals surface area (Å²) in [5, 5.41) is 12.3. The van der Waals surface area contributed by atoms with Crippen LogP contribution in [0, 0.1) is 17.1 Å². The first kappa shape index (κ1) is 12.9. The van der Waals surface area contributed by atoms with Gasteiger partial charge in [0.2, 0.25) is 0 Å². The maximum absolute atomic E-state index is 13.2. The molecule has 0 amide bonds. The van der Waals surface area contributed by atoms with E-state index in [2.05, 4.69) is 27.3 Å². The molecule has 0 aliphatic carbocycles. The summed E-state index contributed by atoms with van der Waals surface area (Å²) in [6.45, 7) is 0. The third-order valence-electron chi connectivity index (χ3n) is 2.24. The van der Waals surface area contributed by atoms with Gasteiger partial charge in [0.15, 0.2) is 0 Å². The SMILES string of the molecule is N#Cc1cc(Br)ccc1Nc1cc(F)cc(Cl)c1. The second-order valence-electron chi connectivity index (χ2n) is 3.58. The lowest BCUT2D eigenvalue weighted by molar-refractivity contribution is 0.628. The first-order chi connectivity index (χ1) is 8.58. The molecule has 90 valence electrons. The standard InChI is InChI=1S/C13H7BrClFN2/c14-9-1-2-13(8(3-9)7-17)18-12-5-10(15)4-11(16)6-12/h1-6,18H. The van der Waals surface area contributed by atoms with Crippen molar-refractivity contribution in [3.8, 4) is 6.07 Å². The highest BCUT2D eigenvalue weighted by atomic mass is 79.9. The fourth-order valence-corrected chi connectivity index (χ4v) is 2.08. The Morgan fingerprint density at radius 3 is 2.67 bits per heavy atom. The zero-order valence-electron chi connectivity index (χ0n) is 9.05. The van der Waals surface area contributed by atoms with Gasteiger partial charge in [0.1, 0.15) is 11.9 Å². The number of nitriles is 1. The summed E-state index contributed by atoms with van der Waals surface area (Å²) in [5.41, 5.74) is 1.56. The molecule has 2 aromatic carbocycles. The molecule has 0 fully saturated rings. The highest BCUT2D eigenvalue weighted by molar-refractivity contribution is 9.10. The van der Waals surface area contributed by atoms with Gasteiger partial charge in [0.25, 0.3) is 0 Å². The average Bonchev–Trinajstić information content (AvgIpc) is 2.30. The van der Waals surface area contributed by atoms with E-state index in [0.717, 1.165) is 4.47 Å². The molecule has 0 aromatic heterocycles. The third-order valence-corrected chi connectivity index (χ3v) is 2.96. The van der Waals surface area contributed by atoms with Crippen LogP contribution in [0.1, 0.15) is 5.56 Å². The van der Waals surface area contributed by atoms with Crippen molar-refractivity contribution < 1.29 is 4.39 Å². The smallest absolute Gasteiger partial charge is 0.126 e. The molecule has 5 heteroatoms. The molecule has 2 aromatic rings. The van der Waals surface area contributed by atoms with Crippen LogP contribution < -0.4 is 5.32 Å². The minimum absolute atomic E-state index is 0.299. The highest BCUT2D eigenvalue weighted by Crippen LogP contribution is 2.26. The van der Waals surface area contributed by atoms with Crippen LogP contribution >= 0.6 is 27.5 Å². The Hall–Kier alpha value is -1.57. The Morgan fingerprint density at radius 2 is 2.00 bits per heavy atom. The van der Waals surface area contributed by atoms with Crippen molar-refractivity contribution in [2.45, 2.75) is 0 Å². The van der Waals surface area contributed by atoms with Crippen LogP contribution in [0.5, 0.6) is 0 Å². The van der Waals surface area contributed by atoms with Gasteiger partial charge < -0.3 is 5.32 Å². The van der Waals surface area contributed by atoms with E-state index in [0.29, 0.717) is 22.0 Å². The third kappa shape index (κ3) is 3.00. The van der Waals surface area contributed by atoms with Crippen LogP contribution in [0.15, 0.2) is 40.9 Å². The molecule has 18 heavy (non-hydrogen) atoms. The Kier molecular flexibility index (Phi) is 3.85. The van der Waals surface area contributed by atoms with Crippen molar-refractivity contribution in [1.29, 1.82) is 5.26 Å². The molecule has 0 bridgehead atoms. The number of rotatable bonds is 2. The first-order valence-electron chi connectivity index (χ1n) is 5.01. The van der Waals surface area contributed by atoms with Crippen LogP contribution in [0.3, 0.4) is 0 Å². The van der Waals surface area contributed by atoms with E-state index in [1.807, 2.05) is 0 Å². The van der Waals surface area contributed by atoms with Crippen LogP contribution in [-0.4, -0.2) is 0 Å². The summed E-state index contributed by atoms with van der Waals surface area (Å²) in [6, 6.07) is 11.4. The van der Waals surface area contributed by atoms with E-state index < -0.39 is 5.82 Å². The van der Waals surface area contributed by atoms with Gasteiger partial charge in [-0.1, -0.05) is 27.5 Å². The summed E-state index contributed by atoms with van der Waals surface area (Å²) in [5.74, 6) is -0.430. The molecular formula is C13H7BrClFN2. The monoisotopic (exact) mass is 324 g/mol. The topological polar surface area (TPSA) is 35.8 Å². The molecule has 0 saturated heterocycles. The van der Waals surface area contributed by atoms with E-state index in [4.69, 9.17) is 16.9 Å². The van der Waals surface area contributed by atoms with Gasteiger partial charge in [-0.25, -0.2) is 4.39 Å². The van der Waals surface area contributed by atoms with Crippen molar-refractivity contribution in [2.24, 2.45) is 0 Å². The number of anilines is 2. The van der Waals surface area contributed by atoms with E-state index >= 15 is 0 Å². The molecule has 2 nitrogen and oxygen atoms in total. The minimum atomic E-state index is -0.430. The molecule has 0 aliphatic rings. The number of hydrogen-bond acceptors (Lipinski definition) is 2. The van der Waals surface area contributed by atoms with Crippen molar-refractivity contribution in [3.63, 3.8) is 0 Å². The maximum atomic E-state index is 13.2. The lowest BCUT2D eigenvalue weighted by Crippen LogP contribution is -1.94. The van der Waals surface area contributed by atoms with Crippen molar-refractivity contribution in [2.75, 3.05) is 5.32 Å². The summed E-state index contributed by atoms with van der Waals surface area (Å²) in [7, 11) is 0. The van der Waals surface area contributed by atoms with E-state index in [1.54, 1.807) is 24.3 Å². The minimum Gasteiger partial charge on any atom is -0.354 e. The van der Waals surface area contributed by atoms with Gasteiger partial charge in [-0.2, -0.15) is 5.26 Å². The Bertz CT molecular complexity index is 617. The fourth-order valence-electron chi connectivity index (χ4n) is 1.50. The second-order valence-corrected chi connectivity index (χ2v) is 4.94. The van der Waals surface area contributed by atoms with Gasteiger partial charge in [-0.05, 0) is 36.4 Å². The lowest BCUT2D eigenvalue weighted by Gasteiger charge is -2.09. The molecule has 0 radical (unpaired) electrons. The van der Waals surface area contributed by atoms with Crippen LogP contribution in [0.25, 0.3) is 0 Å². The number of halogens is 3. The quantitative estimate of drug-likeness (QED) is 0.856. The van der Waals surface area contributed by atoms with Gasteiger partial charge in [0.05, 0.1) is 11.3 Å². The van der Waals surface area contributed by atoms with Crippen molar-refractivity contribution in [3.05, 3.63) is 57.3 Å². The molecule has 0 atom stereocenters. The Morgan fingerprint density at radius 1 is 1.22 bits per heavy atom. The van der Waals surface area contributed by atoms with Crippen LogP contribution in [-0.2, 0) is 0 Å². The molecular weight excluding hydrogens is 319 g/mol. The average molecular weight is 326 g/mol. The molecule has 0 heterocycles. The van der Waals surface area contributed by atoms with Gasteiger partial charge >= 0.3 is 0 Å². The number of nitrogens with zero attached hydrogens (tertiary/aromatic N) is 1. The fraction of sp³-hybridized carbons (Fsp3) is 0. The van der Waals surface area contributed by atoms with Crippen molar-refractivity contribution >= 4 is 38.9 Å². The maximum Gasteiger partial charge on any atom is 0.126 e. The van der Waals surface area contributed by atoms with Crippen LogP contribution in [0.4, 0.5) is 15.8 Å². The molecule has 0 spiro atoms. The number of nitrogens with one attached hydrogen (secondary N) is 1. The normalized spacial score (nSPS) is 9.89. The molecule has 2 rings (SSSR count). The predicted molar refractivity (Wildman–Crippen MR) is 73.5 cm³/mol. The molecule has 0 unspecified atom stereocenters. The van der Waals surface area contributed by atoms with Gasteiger partial charge in [0, 0.05) is 15.2 Å². The predicted octanol–water partition coefficient (Wildman–Crippen LogP) is 4.86. The lowest BCUT2D eigenvalue weighted by atomic mass is 10.2. The summed E-state index contributed by atoms with van der Waals surface area (Å²) in [6.07, 6.45) is 0. The molecule has 1 N–H and O–H groups in total. The number of benzene rings is 2. The van der Waals surface area contributed by atoms with E-state index in [1.165, 1.54) is 12.1 Å². The first-order valence-corrected chi connectivity index (χ1v) is 6.18. The van der Waals surface area contributed by atoms with Gasteiger partial charge in [-0.15, -0.1) is 0 Å². The largest absolute Gasteiger partial charge is 0.354 e. The Balaban J connectivity index is 2.37. The molecule has 0 aliphatic heterocycles. The second kappa shape index (κ2) is 5.38. The van der Waals surface area contributed by atoms with Crippen molar-refractivity contribution in [1.82, 2.24) is 0 Å². The Labute approximate surface area is 117 Å². The summed E-state index contributed by atoms with van der Waals surface area (Å²) >= 11 is 9.05. The summed E-state index contributed by atoms with van der Waals surface area (Å²) in [4.78, 5) is 0. The van der Waals surface area contributed by atoms with Gasteiger partial charge in [-0.3, -0.25) is 0 Å². The zero-order chi connectivity index (χ0) is 13.1.